The Balaban J connectivity index is 0.984. The normalized spacial score (nSPS) is 23.3. The first-order chi connectivity index (χ1) is 51.2. The van der Waals surface area contributed by atoms with E-state index in [1.165, 1.54) is 109 Å². The average molecular weight is 1430 g/mol. The number of hydrogen-bond donors (Lipinski definition) is 1. The van der Waals surface area contributed by atoms with Crippen LogP contribution in [0.3, 0.4) is 0 Å². The lowest BCUT2D eigenvalue weighted by Gasteiger charge is -2.48. The molecule has 9 aromatic rings. The zero-order valence-electron chi connectivity index (χ0n) is 55.7. The smallest absolute Gasteiger partial charge is 0.338 e. The molecule has 536 valence electrons. The van der Waals surface area contributed by atoms with Crippen LogP contribution in [0.4, 0.5) is 0 Å². The molecular formula is C81H68O24. The molecule has 3 aliphatic rings. The second kappa shape index (κ2) is 35.2. The number of rotatable bonds is 25. The van der Waals surface area contributed by atoms with Crippen molar-refractivity contribution in [2.24, 2.45) is 0 Å². The van der Waals surface area contributed by atoms with E-state index in [9.17, 15) is 48.3 Å². The summed E-state index contributed by atoms with van der Waals surface area (Å²) in [6.45, 7) is -2.38. The Kier molecular flexibility index (Phi) is 24.4. The highest BCUT2D eigenvalue weighted by Crippen LogP contribution is 2.39. The summed E-state index contributed by atoms with van der Waals surface area (Å²) in [5, 5.41) is 12.0. The minimum Gasteiger partial charge on any atom is -0.459 e. The van der Waals surface area contributed by atoms with Gasteiger partial charge in [-0.1, -0.05) is 164 Å². The van der Waals surface area contributed by atoms with Crippen molar-refractivity contribution >= 4 is 53.7 Å². The zero-order valence-corrected chi connectivity index (χ0v) is 55.7. The highest BCUT2D eigenvalue weighted by Gasteiger charge is 2.58. The van der Waals surface area contributed by atoms with Crippen LogP contribution in [0, 0.1) is 0 Å². The first kappa shape index (κ1) is 72.7. The van der Waals surface area contributed by atoms with Crippen molar-refractivity contribution in [1.29, 1.82) is 0 Å². The van der Waals surface area contributed by atoms with Gasteiger partial charge in [-0.05, 0) is 109 Å². The minimum atomic E-state index is -2.14. The summed E-state index contributed by atoms with van der Waals surface area (Å²) in [4.78, 5) is 130. The number of esters is 9. The topological polar surface area (TPSA) is 303 Å². The number of aliphatic hydroxyl groups excluding tert-OH is 1. The fourth-order valence-electron chi connectivity index (χ4n) is 11.8. The molecule has 0 aromatic heterocycles. The Morgan fingerprint density at radius 1 is 0.267 bits per heavy atom. The van der Waals surface area contributed by atoms with E-state index >= 15 is 0 Å². The molecule has 3 aliphatic heterocycles. The molecule has 12 rings (SSSR count). The molecular weight excluding hydrogens is 1360 g/mol. The Morgan fingerprint density at radius 3 is 0.857 bits per heavy atom. The van der Waals surface area contributed by atoms with Gasteiger partial charge in [0.15, 0.2) is 49.4 Å². The maximum atomic E-state index is 14.9. The van der Waals surface area contributed by atoms with E-state index in [0.29, 0.717) is 0 Å². The first-order valence-corrected chi connectivity index (χ1v) is 33.4. The molecule has 0 spiro atoms. The standard InChI is InChI=1S/C81H68O24/c82-71(50-28-10-1-11-29-50)92-47-60-64(105-81-70(104-79(90)58-44-26-9-27-45-58)68(102-77(88)56-40-22-7-23-41-56)66(100-75(86)54-36-18-5-19-37-54)62(98-81)49-94-73(84)52-32-14-3-15-33-52)59(96-74(85)53-34-16-4-17-35-53)46-63(95-60)99-65-61(48-93-72(83)51-30-12-2-13-31-51)97-80(91)69(103-78(89)57-42-24-8-25-43-57)67(65)101-76(87)55-38-20-6-21-39-55/h1-45,59-70,80-81,91H,46-49H2/t59-,60-,61-,62-,63+,64-,65-,66+,67+,68+,69-,70-,80-,81-/m1/s1. The second-order valence-electron chi connectivity index (χ2n) is 24.0. The summed E-state index contributed by atoms with van der Waals surface area (Å²) in [7, 11) is 0. The predicted octanol–water partition coefficient (Wildman–Crippen LogP) is 10.2. The van der Waals surface area contributed by atoms with Gasteiger partial charge in [0, 0.05) is 6.42 Å². The van der Waals surface area contributed by atoms with Crippen molar-refractivity contribution in [2.75, 3.05) is 19.8 Å². The molecule has 3 saturated heterocycles. The van der Waals surface area contributed by atoms with Gasteiger partial charge in [0.25, 0.3) is 0 Å². The van der Waals surface area contributed by atoms with Crippen LogP contribution in [-0.2, 0) is 66.3 Å². The molecule has 14 atom stereocenters. The quantitative estimate of drug-likeness (QED) is 0.0411. The van der Waals surface area contributed by atoms with Gasteiger partial charge in [0.1, 0.15) is 56.4 Å². The number of hydrogen-bond acceptors (Lipinski definition) is 24. The average Bonchev–Trinajstić information content (AvgIpc) is 0.770. The van der Waals surface area contributed by atoms with Crippen LogP contribution in [0.2, 0.25) is 0 Å². The van der Waals surface area contributed by atoms with Gasteiger partial charge in [-0.3, -0.25) is 0 Å². The van der Waals surface area contributed by atoms with Crippen LogP contribution in [0.1, 0.15) is 99.6 Å². The molecule has 3 heterocycles. The molecule has 0 bridgehead atoms. The first-order valence-electron chi connectivity index (χ1n) is 33.4. The summed E-state index contributed by atoms with van der Waals surface area (Å²) < 4.78 is 89.5. The fourth-order valence-corrected chi connectivity index (χ4v) is 11.8. The third-order valence-electron chi connectivity index (χ3n) is 17.0. The van der Waals surface area contributed by atoms with Crippen molar-refractivity contribution in [1.82, 2.24) is 0 Å². The van der Waals surface area contributed by atoms with Gasteiger partial charge < -0.3 is 71.4 Å². The SMILES string of the molecule is O=C(OC[C@H]1O[C@@H](O[C@H]2[C@H](OC(=O)c3ccccc3)[C@@H](OC(=O)c3ccccc3)[C@H](O)O[C@@H]2COC(=O)c2ccccc2)C[C@@H](OC(=O)c2ccccc2)[C@H]1O[C@H]1O[C@H](COC(=O)c2ccccc2)[C@H](OC(=O)c2ccccc2)[C@H](OC(=O)c2ccccc2)[C@H]1OC(=O)c1ccccc1)c1ccccc1. The highest BCUT2D eigenvalue weighted by atomic mass is 16.8. The third-order valence-corrected chi connectivity index (χ3v) is 17.0. The lowest BCUT2D eigenvalue weighted by Crippen LogP contribution is -2.66. The lowest BCUT2D eigenvalue weighted by atomic mass is 9.96. The number of carbonyl (C=O) groups is 9. The summed E-state index contributed by atoms with van der Waals surface area (Å²) in [6.07, 6.45) is -27.0. The van der Waals surface area contributed by atoms with E-state index in [-0.39, 0.29) is 50.1 Å². The number of ether oxygens (including phenoxy) is 14. The Hall–Kier alpha value is -12.0. The van der Waals surface area contributed by atoms with E-state index in [1.54, 1.807) is 164 Å². The van der Waals surface area contributed by atoms with E-state index in [0.717, 1.165) is 0 Å². The van der Waals surface area contributed by atoms with Crippen LogP contribution in [0.15, 0.2) is 273 Å². The maximum absolute atomic E-state index is 14.9. The van der Waals surface area contributed by atoms with Gasteiger partial charge in [-0.2, -0.15) is 0 Å². The van der Waals surface area contributed by atoms with E-state index in [4.69, 9.17) is 66.3 Å². The molecule has 9 aromatic carbocycles. The van der Waals surface area contributed by atoms with Crippen molar-refractivity contribution < 1.29 is 115 Å². The van der Waals surface area contributed by atoms with Gasteiger partial charge in [0.2, 0.25) is 0 Å². The molecule has 24 heteroatoms. The van der Waals surface area contributed by atoms with E-state index in [1.807, 2.05) is 0 Å². The fraction of sp³-hybridized carbons (Fsp3) is 0.222. The van der Waals surface area contributed by atoms with Crippen LogP contribution >= 0.6 is 0 Å². The molecule has 105 heavy (non-hydrogen) atoms. The third kappa shape index (κ3) is 18.8. The highest BCUT2D eigenvalue weighted by molar-refractivity contribution is 5.94. The summed E-state index contributed by atoms with van der Waals surface area (Å²) >= 11 is 0. The zero-order chi connectivity index (χ0) is 73.0. The number of carbonyl (C=O) groups excluding carboxylic acids is 9. The van der Waals surface area contributed by atoms with Gasteiger partial charge in [-0.15, -0.1) is 0 Å². The summed E-state index contributed by atoms with van der Waals surface area (Å²) in [6, 6.07) is 69.3. The molecule has 24 nitrogen and oxygen atoms in total. The Labute approximate surface area is 601 Å². The molecule has 3 fully saturated rings. The molecule has 1 N–H and O–H groups in total. The van der Waals surface area contributed by atoms with Gasteiger partial charge >= 0.3 is 53.7 Å². The summed E-state index contributed by atoms with van der Waals surface area (Å²) in [5.74, 6) is -8.77. The number of benzene rings is 9. The molecule has 0 amide bonds. The molecule has 0 saturated carbocycles. The van der Waals surface area contributed by atoms with E-state index < -0.39 is 166 Å². The Bertz CT molecular complexity index is 4390. The van der Waals surface area contributed by atoms with Crippen LogP contribution in [0.25, 0.3) is 0 Å². The lowest BCUT2D eigenvalue weighted by molar-refractivity contribution is -0.358. The molecule has 0 unspecified atom stereocenters. The van der Waals surface area contributed by atoms with Crippen LogP contribution in [0.5, 0.6) is 0 Å². The van der Waals surface area contributed by atoms with E-state index in [2.05, 4.69) is 0 Å². The largest absolute Gasteiger partial charge is 0.459 e. The molecule has 0 radical (unpaired) electrons. The minimum absolute atomic E-state index is 0.00182. The van der Waals surface area contributed by atoms with Crippen molar-refractivity contribution in [3.8, 4) is 0 Å². The second-order valence-corrected chi connectivity index (χ2v) is 24.0. The van der Waals surface area contributed by atoms with Crippen molar-refractivity contribution in [3.63, 3.8) is 0 Å². The Morgan fingerprint density at radius 2 is 0.524 bits per heavy atom. The number of aliphatic hydroxyl groups is 1. The van der Waals surface area contributed by atoms with Crippen molar-refractivity contribution in [2.45, 2.75) is 92.4 Å². The monoisotopic (exact) mass is 1420 g/mol. The van der Waals surface area contributed by atoms with Gasteiger partial charge in [-0.25, -0.2) is 43.2 Å². The van der Waals surface area contributed by atoms with Gasteiger partial charge in [0.05, 0.1) is 50.1 Å². The van der Waals surface area contributed by atoms with Crippen molar-refractivity contribution in [3.05, 3.63) is 323 Å². The van der Waals surface area contributed by atoms with Crippen LogP contribution in [-0.4, -0.2) is 165 Å². The molecule has 0 aliphatic carbocycles. The summed E-state index contributed by atoms with van der Waals surface area (Å²) in [5.41, 5.74) is 0.196. The van der Waals surface area contributed by atoms with Crippen LogP contribution < -0.4 is 0 Å². The maximum Gasteiger partial charge on any atom is 0.338 e. The predicted molar refractivity (Wildman–Crippen MR) is 367 cm³/mol.